The molecule has 4 nitrogen and oxygen atoms in total. The predicted octanol–water partition coefficient (Wildman–Crippen LogP) is 2.47. The number of hydrogen-bond donors (Lipinski definition) is 0. The first-order valence-electron chi connectivity index (χ1n) is 7.51. The zero-order valence-electron chi connectivity index (χ0n) is 12.7. The summed E-state index contributed by atoms with van der Waals surface area (Å²) >= 11 is 0. The van der Waals surface area contributed by atoms with Crippen LogP contribution in [0.25, 0.3) is 0 Å². The van der Waals surface area contributed by atoms with E-state index in [2.05, 4.69) is 18.2 Å². The van der Waals surface area contributed by atoms with E-state index in [0.717, 1.165) is 12.2 Å². The molecule has 3 aliphatic carbocycles. The molecule has 0 N–H and O–H groups in total. The van der Waals surface area contributed by atoms with Gasteiger partial charge in [-0.05, 0) is 31.4 Å². The van der Waals surface area contributed by atoms with Crippen LogP contribution in [0.2, 0.25) is 0 Å². The average Bonchev–Trinajstić information content (AvgIpc) is 2.87. The molecule has 0 heterocycles. The van der Waals surface area contributed by atoms with Crippen LogP contribution in [-0.4, -0.2) is 32.4 Å². The summed E-state index contributed by atoms with van der Waals surface area (Å²) in [6.07, 6.45) is 11.0. The molecule has 0 bridgehead atoms. The quantitative estimate of drug-likeness (QED) is 0.443. The van der Waals surface area contributed by atoms with Crippen LogP contribution >= 0.6 is 0 Å². The van der Waals surface area contributed by atoms with E-state index in [1.165, 1.54) is 6.08 Å². The van der Waals surface area contributed by atoms with E-state index in [-0.39, 0.29) is 17.5 Å². The molecular formula is C17H22O4. The van der Waals surface area contributed by atoms with E-state index in [1.807, 2.05) is 6.08 Å². The number of esters is 1. The molecule has 114 valence electrons. The molecule has 0 radical (unpaired) electrons. The van der Waals surface area contributed by atoms with E-state index in [4.69, 9.17) is 14.2 Å². The van der Waals surface area contributed by atoms with Gasteiger partial charge < -0.3 is 14.2 Å². The topological polar surface area (TPSA) is 44.8 Å². The van der Waals surface area contributed by atoms with Gasteiger partial charge in [0.15, 0.2) is 0 Å². The maximum absolute atomic E-state index is 11.6. The zero-order chi connectivity index (χ0) is 15.0. The van der Waals surface area contributed by atoms with Crippen LogP contribution in [0.5, 0.6) is 0 Å². The van der Waals surface area contributed by atoms with Crippen molar-refractivity contribution in [2.45, 2.75) is 18.9 Å². The van der Waals surface area contributed by atoms with Gasteiger partial charge in [0, 0.05) is 30.9 Å². The van der Waals surface area contributed by atoms with Gasteiger partial charge in [-0.3, -0.25) is 0 Å². The lowest BCUT2D eigenvalue weighted by Gasteiger charge is -2.25. The van der Waals surface area contributed by atoms with Crippen molar-refractivity contribution >= 4 is 5.97 Å². The highest BCUT2D eigenvalue weighted by Crippen LogP contribution is 2.65. The summed E-state index contributed by atoms with van der Waals surface area (Å²) in [5, 5.41) is 0. The fourth-order valence-electron chi connectivity index (χ4n) is 4.06. The largest absolute Gasteiger partial charge is 0.501 e. The number of ether oxygens (including phenoxy) is 3. The van der Waals surface area contributed by atoms with Crippen LogP contribution in [0, 0.1) is 23.7 Å². The normalized spacial score (nSPS) is 39.7. The number of fused-ring (bicyclic) bond motifs is 3. The Bertz CT molecular complexity index is 519. The summed E-state index contributed by atoms with van der Waals surface area (Å²) in [6, 6.07) is 0. The fourth-order valence-corrected chi connectivity index (χ4v) is 4.06. The lowest BCUT2D eigenvalue weighted by atomic mass is 9.84. The van der Waals surface area contributed by atoms with Gasteiger partial charge in [-0.15, -0.1) is 0 Å². The monoisotopic (exact) mass is 290 g/mol. The third-order valence-corrected chi connectivity index (χ3v) is 5.02. The Hall–Kier alpha value is -1.55. The third-order valence-electron chi connectivity index (χ3n) is 5.02. The van der Waals surface area contributed by atoms with Crippen molar-refractivity contribution in [2.24, 2.45) is 23.7 Å². The summed E-state index contributed by atoms with van der Waals surface area (Å²) in [6.45, 7) is 2.19. The first-order valence-corrected chi connectivity index (χ1v) is 7.51. The van der Waals surface area contributed by atoms with Gasteiger partial charge in [0.1, 0.15) is 0 Å². The van der Waals surface area contributed by atoms with Crippen molar-refractivity contribution in [3.05, 3.63) is 36.1 Å². The summed E-state index contributed by atoms with van der Waals surface area (Å²) in [4.78, 5) is 11.6. The van der Waals surface area contributed by atoms with Gasteiger partial charge in [0.2, 0.25) is 0 Å². The summed E-state index contributed by atoms with van der Waals surface area (Å²) in [5.41, 5.74) is -0.387. The smallest absolute Gasteiger partial charge is 0.330 e. The van der Waals surface area contributed by atoms with Gasteiger partial charge in [-0.1, -0.05) is 12.2 Å². The lowest BCUT2D eigenvalue weighted by Crippen LogP contribution is -2.21. The van der Waals surface area contributed by atoms with Crippen molar-refractivity contribution in [3.63, 3.8) is 0 Å². The van der Waals surface area contributed by atoms with Crippen LogP contribution in [0.3, 0.4) is 0 Å². The standard InChI is InChI=1S/C17H22O4/c1-4-21-15(18)8-9-17(20-3)13-10-14(19-2)11-6-5-7-12(11)16(13)17/h5-6,8-13,16H,4,7H2,1-3H3/b9-8+/t11-,12+,13+,16-,17+/m1/s1. The minimum Gasteiger partial charge on any atom is -0.501 e. The Morgan fingerprint density at radius 1 is 1.48 bits per heavy atom. The highest BCUT2D eigenvalue weighted by molar-refractivity contribution is 5.82. The molecule has 0 unspecified atom stereocenters. The van der Waals surface area contributed by atoms with Crippen molar-refractivity contribution in [3.8, 4) is 0 Å². The van der Waals surface area contributed by atoms with Crippen LogP contribution in [0.4, 0.5) is 0 Å². The van der Waals surface area contributed by atoms with Crippen LogP contribution in [-0.2, 0) is 19.0 Å². The molecule has 1 saturated carbocycles. The lowest BCUT2D eigenvalue weighted by molar-refractivity contribution is -0.137. The Morgan fingerprint density at radius 2 is 2.29 bits per heavy atom. The molecule has 0 spiro atoms. The minimum absolute atomic E-state index is 0.282. The van der Waals surface area contributed by atoms with Gasteiger partial charge in [-0.2, -0.15) is 0 Å². The molecule has 0 aromatic heterocycles. The van der Waals surface area contributed by atoms with E-state index in [0.29, 0.717) is 24.4 Å². The maximum atomic E-state index is 11.6. The Kier molecular flexibility index (Phi) is 3.66. The Labute approximate surface area is 125 Å². The third kappa shape index (κ3) is 2.13. The summed E-state index contributed by atoms with van der Waals surface area (Å²) < 4.78 is 16.3. The molecule has 1 fully saturated rings. The van der Waals surface area contributed by atoms with Gasteiger partial charge in [0.25, 0.3) is 0 Å². The molecule has 0 amide bonds. The molecule has 0 aromatic rings. The van der Waals surface area contributed by atoms with Crippen molar-refractivity contribution in [2.75, 3.05) is 20.8 Å². The van der Waals surface area contributed by atoms with Crippen LogP contribution in [0.1, 0.15) is 13.3 Å². The van der Waals surface area contributed by atoms with E-state index in [1.54, 1.807) is 21.1 Å². The molecular weight excluding hydrogens is 268 g/mol. The predicted molar refractivity (Wildman–Crippen MR) is 78.3 cm³/mol. The SMILES string of the molecule is CCOC(=O)/C=C/[C@@]1(OC)[C@@H]2[C@H]3CC=C[C@H]3C(OC)=C[C@@H]21. The molecule has 0 aromatic carbocycles. The number of methoxy groups -OCH3 is 2. The fraction of sp³-hybridized carbons (Fsp3) is 0.588. The second-order valence-corrected chi connectivity index (χ2v) is 5.82. The highest BCUT2D eigenvalue weighted by Gasteiger charge is 2.69. The zero-order valence-corrected chi connectivity index (χ0v) is 12.7. The number of rotatable bonds is 5. The maximum Gasteiger partial charge on any atom is 0.330 e. The van der Waals surface area contributed by atoms with Crippen LogP contribution in [0.15, 0.2) is 36.1 Å². The van der Waals surface area contributed by atoms with E-state index >= 15 is 0 Å². The second-order valence-electron chi connectivity index (χ2n) is 5.82. The number of carbonyl (C=O) groups is 1. The number of allylic oxidation sites excluding steroid dienone is 2. The molecule has 0 saturated heterocycles. The first kappa shape index (κ1) is 14.4. The molecule has 5 atom stereocenters. The molecule has 21 heavy (non-hydrogen) atoms. The van der Waals surface area contributed by atoms with Gasteiger partial charge >= 0.3 is 5.97 Å². The average molecular weight is 290 g/mol. The van der Waals surface area contributed by atoms with Crippen LogP contribution < -0.4 is 0 Å². The molecule has 3 aliphatic rings. The molecule has 0 aliphatic heterocycles. The molecule has 3 rings (SSSR count). The highest BCUT2D eigenvalue weighted by atomic mass is 16.5. The molecule has 4 heteroatoms. The first-order chi connectivity index (χ1) is 10.2. The number of carbonyl (C=O) groups excluding carboxylic acids is 1. The minimum atomic E-state index is -0.387. The van der Waals surface area contributed by atoms with Gasteiger partial charge in [-0.25, -0.2) is 4.79 Å². The second kappa shape index (κ2) is 5.34. The Morgan fingerprint density at radius 3 is 2.95 bits per heavy atom. The van der Waals surface area contributed by atoms with E-state index < -0.39 is 0 Å². The summed E-state index contributed by atoms with van der Waals surface area (Å²) in [7, 11) is 3.44. The summed E-state index contributed by atoms with van der Waals surface area (Å²) in [5.74, 6) is 2.26. The Balaban J connectivity index is 1.83. The van der Waals surface area contributed by atoms with Crippen molar-refractivity contribution in [1.82, 2.24) is 0 Å². The number of hydrogen-bond acceptors (Lipinski definition) is 4. The van der Waals surface area contributed by atoms with E-state index in [9.17, 15) is 4.79 Å². The van der Waals surface area contributed by atoms with Crippen molar-refractivity contribution < 1.29 is 19.0 Å². The van der Waals surface area contributed by atoms with Crippen molar-refractivity contribution in [1.29, 1.82) is 0 Å². The van der Waals surface area contributed by atoms with Gasteiger partial charge in [0.05, 0.1) is 25.1 Å².